The van der Waals surface area contributed by atoms with Gasteiger partial charge >= 0.3 is 0 Å². The summed E-state index contributed by atoms with van der Waals surface area (Å²) < 4.78 is 0. The van der Waals surface area contributed by atoms with Gasteiger partial charge in [0, 0.05) is 6.42 Å². The number of imide groups is 1. The van der Waals surface area contributed by atoms with Crippen molar-refractivity contribution in [2.45, 2.75) is 40.5 Å². The third-order valence-electron chi connectivity index (χ3n) is 2.27. The van der Waals surface area contributed by atoms with E-state index in [1.165, 1.54) is 0 Å². The zero-order valence-electron chi connectivity index (χ0n) is 8.73. The van der Waals surface area contributed by atoms with Crippen molar-refractivity contribution in [2.24, 2.45) is 10.8 Å². The van der Waals surface area contributed by atoms with Gasteiger partial charge in [-0.1, -0.05) is 27.7 Å². The van der Waals surface area contributed by atoms with Crippen molar-refractivity contribution in [2.75, 3.05) is 0 Å². The molecule has 13 heavy (non-hydrogen) atoms. The molecule has 1 unspecified atom stereocenters. The van der Waals surface area contributed by atoms with Crippen LogP contribution in [0.25, 0.3) is 0 Å². The molecule has 1 heterocycles. The summed E-state index contributed by atoms with van der Waals surface area (Å²) >= 11 is 0. The molecular weight excluding hydrogens is 166 g/mol. The van der Waals surface area contributed by atoms with Gasteiger partial charge in [-0.25, -0.2) is 0 Å². The average Bonchev–Trinajstić information content (AvgIpc) is 2.00. The molecule has 1 aliphatic rings. The molecule has 0 aliphatic carbocycles. The Morgan fingerprint density at radius 2 is 1.92 bits per heavy atom. The molecule has 3 nitrogen and oxygen atoms in total. The average molecular weight is 183 g/mol. The van der Waals surface area contributed by atoms with Crippen LogP contribution in [-0.2, 0) is 9.59 Å². The molecule has 0 saturated carbocycles. The van der Waals surface area contributed by atoms with Crippen LogP contribution in [0.5, 0.6) is 0 Å². The van der Waals surface area contributed by atoms with Crippen LogP contribution < -0.4 is 5.32 Å². The lowest BCUT2D eigenvalue weighted by Gasteiger charge is -2.28. The van der Waals surface area contributed by atoms with Crippen molar-refractivity contribution in [3.8, 4) is 0 Å². The molecule has 0 bridgehead atoms. The van der Waals surface area contributed by atoms with Gasteiger partial charge in [0.25, 0.3) is 0 Å². The second-order valence-electron chi connectivity index (χ2n) is 5.35. The summed E-state index contributed by atoms with van der Waals surface area (Å²) in [5.74, 6) is -0.260. The maximum Gasteiger partial charge on any atom is 0.233 e. The highest BCUT2D eigenvalue weighted by Gasteiger charge is 2.44. The molecule has 0 radical (unpaired) electrons. The maximum atomic E-state index is 11.5. The molecular formula is C10H17NO2. The van der Waals surface area contributed by atoms with E-state index < -0.39 is 5.41 Å². The number of rotatable bonds is 1. The van der Waals surface area contributed by atoms with Crippen molar-refractivity contribution >= 4 is 11.8 Å². The first-order chi connectivity index (χ1) is 5.73. The van der Waals surface area contributed by atoms with Crippen LogP contribution in [0.4, 0.5) is 0 Å². The molecule has 3 heteroatoms. The predicted molar refractivity (Wildman–Crippen MR) is 49.9 cm³/mol. The standard InChI is InChI=1S/C10H17NO2/c1-9(2,3)6-10(4)5-7(12)11-8(10)13/h5-6H2,1-4H3,(H,11,12,13). The monoisotopic (exact) mass is 183 g/mol. The van der Waals surface area contributed by atoms with Gasteiger partial charge in [-0.15, -0.1) is 0 Å². The van der Waals surface area contributed by atoms with E-state index in [0.717, 1.165) is 6.42 Å². The van der Waals surface area contributed by atoms with E-state index in [1.54, 1.807) is 0 Å². The second kappa shape index (κ2) is 2.82. The van der Waals surface area contributed by atoms with Crippen LogP contribution in [0, 0.1) is 10.8 Å². The fraction of sp³-hybridized carbons (Fsp3) is 0.800. The molecule has 1 atom stereocenters. The Morgan fingerprint density at radius 3 is 2.23 bits per heavy atom. The third-order valence-corrected chi connectivity index (χ3v) is 2.27. The van der Waals surface area contributed by atoms with Crippen molar-refractivity contribution in [1.82, 2.24) is 5.32 Å². The Balaban J connectivity index is 2.77. The Morgan fingerprint density at radius 1 is 1.38 bits per heavy atom. The number of carbonyl (C=O) groups excluding carboxylic acids is 2. The summed E-state index contributed by atoms with van der Waals surface area (Å²) in [7, 11) is 0. The fourth-order valence-corrected chi connectivity index (χ4v) is 2.07. The highest BCUT2D eigenvalue weighted by atomic mass is 16.2. The Labute approximate surface area is 78.9 Å². The molecule has 1 aliphatic heterocycles. The summed E-state index contributed by atoms with van der Waals surface area (Å²) in [6.45, 7) is 8.09. The van der Waals surface area contributed by atoms with Gasteiger partial charge in [0.2, 0.25) is 11.8 Å². The molecule has 1 N–H and O–H groups in total. The van der Waals surface area contributed by atoms with Gasteiger partial charge in [0.1, 0.15) is 0 Å². The first kappa shape index (κ1) is 10.2. The van der Waals surface area contributed by atoms with Crippen LogP contribution in [0.3, 0.4) is 0 Å². The second-order valence-corrected chi connectivity index (χ2v) is 5.35. The maximum absolute atomic E-state index is 11.5. The lowest BCUT2D eigenvalue weighted by atomic mass is 9.74. The van der Waals surface area contributed by atoms with E-state index in [-0.39, 0.29) is 17.2 Å². The highest BCUT2D eigenvalue weighted by molar-refractivity contribution is 6.05. The molecule has 1 rings (SSSR count). The fourth-order valence-electron chi connectivity index (χ4n) is 2.07. The first-order valence-corrected chi connectivity index (χ1v) is 4.57. The van der Waals surface area contributed by atoms with Crippen molar-refractivity contribution in [3.05, 3.63) is 0 Å². The van der Waals surface area contributed by atoms with Crippen LogP contribution in [0.2, 0.25) is 0 Å². The van der Waals surface area contributed by atoms with E-state index in [4.69, 9.17) is 0 Å². The summed E-state index contributed by atoms with van der Waals surface area (Å²) in [5, 5.41) is 2.35. The topological polar surface area (TPSA) is 46.2 Å². The van der Waals surface area contributed by atoms with E-state index in [9.17, 15) is 9.59 Å². The number of amides is 2. The van der Waals surface area contributed by atoms with Gasteiger partial charge in [-0.3, -0.25) is 14.9 Å². The van der Waals surface area contributed by atoms with Gasteiger partial charge in [0.05, 0.1) is 5.41 Å². The van der Waals surface area contributed by atoms with Crippen molar-refractivity contribution in [1.29, 1.82) is 0 Å². The van der Waals surface area contributed by atoms with Crippen molar-refractivity contribution in [3.63, 3.8) is 0 Å². The van der Waals surface area contributed by atoms with Gasteiger partial charge < -0.3 is 0 Å². The largest absolute Gasteiger partial charge is 0.296 e. The highest BCUT2D eigenvalue weighted by Crippen LogP contribution is 2.38. The normalized spacial score (nSPS) is 29.2. The zero-order valence-corrected chi connectivity index (χ0v) is 8.73. The predicted octanol–water partition coefficient (Wildman–Crippen LogP) is 1.48. The lowest BCUT2D eigenvalue weighted by Crippen LogP contribution is -2.32. The Kier molecular flexibility index (Phi) is 2.22. The summed E-state index contributed by atoms with van der Waals surface area (Å²) in [6.07, 6.45) is 1.08. The van der Waals surface area contributed by atoms with Crippen LogP contribution in [0.15, 0.2) is 0 Å². The van der Waals surface area contributed by atoms with E-state index in [2.05, 4.69) is 26.1 Å². The van der Waals surface area contributed by atoms with Crippen LogP contribution in [-0.4, -0.2) is 11.8 Å². The van der Waals surface area contributed by atoms with Gasteiger partial charge in [0.15, 0.2) is 0 Å². The summed E-state index contributed by atoms with van der Waals surface area (Å²) in [6, 6.07) is 0. The SMILES string of the molecule is CC(C)(C)CC1(C)CC(=O)NC1=O. The van der Waals surface area contributed by atoms with Crippen LogP contribution >= 0.6 is 0 Å². The Hall–Kier alpha value is -0.860. The molecule has 0 spiro atoms. The molecule has 0 aromatic rings. The smallest absolute Gasteiger partial charge is 0.233 e. The number of carbonyl (C=O) groups is 2. The third kappa shape index (κ3) is 2.29. The minimum Gasteiger partial charge on any atom is -0.296 e. The van der Waals surface area contributed by atoms with Gasteiger partial charge in [-0.05, 0) is 11.8 Å². The molecule has 0 aromatic heterocycles. The first-order valence-electron chi connectivity index (χ1n) is 4.57. The van der Waals surface area contributed by atoms with Gasteiger partial charge in [-0.2, -0.15) is 0 Å². The minimum absolute atomic E-state index is 0.0801. The van der Waals surface area contributed by atoms with E-state index in [0.29, 0.717) is 6.42 Å². The number of nitrogens with one attached hydrogen (secondary N) is 1. The van der Waals surface area contributed by atoms with E-state index >= 15 is 0 Å². The van der Waals surface area contributed by atoms with Crippen molar-refractivity contribution < 1.29 is 9.59 Å². The number of hydrogen-bond donors (Lipinski definition) is 1. The number of hydrogen-bond acceptors (Lipinski definition) is 2. The summed E-state index contributed by atoms with van der Waals surface area (Å²) in [4.78, 5) is 22.5. The lowest BCUT2D eigenvalue weighted by molar-refractivity contribution is -0.129. The Bertz CT molecular complexity index is 252. The molecule has 0 aromatic carbocycles. The quantitative estimate of drug-likeness (QED) is 0.626. The molecule has 1 saturated heterocycles. The van der Waals surface area contributed by atoms with E-state index in [1.807, 2.05) is 6.92 Å². The minimum atomic E-state index is -0.491. The molecule has 1 fully saturated rings. The van der Waals surface area contributed by atoms with Crippen LogP contribution in [0.1, 0.15) is 40.5 Å². The summed E-state index contributed by atoms with van der Waals surface area (Å²) in [5.41, 5.74) is -0.411. The zero-order chi connectivity index (χ0) is 10.3. The molecule has 74 valence electrons. The molecule has 2 amide bonds.